The van der Waals surface area contributed by atoms with Gasteiger partial charge in [-0.3, -0.25) is 4.79 Å². The largest absolute Gasteiger partial charge is 0.345 e. The molecule has 1 aliphatic heterocycles. The highest BCUT2D eigenvalue weighted by molar-refractivity contribution is 7.89. The fraction of sp³-hybridized carbons (Fsp3) is 0.364. The molecule has 32 heavy (non-hydrogen) atoms. The van der Waals surface area contributed by atoms with Gasteiger partial charge in [0, 0.05) is 49.9 Å². The number of anilines is 1. The van der Waals surface area contributed by atoms with E-state index in [1.807, 2.05) is 18.2 Å². The second-order valence-electron chi connectivity index (χ2n) is 8.16. The minimum Gasteiger partial charge on any atom is -0.345 e. The van der Waals surface area contributed by atoms with E-state index in [1.165, 1.54) is 16.4 Å². The number of thiazole rings is 1. The van der Waals surface area contributed by atoms with Crippen LogP contribution in [0.2, 0.25) is 5.02 Å². The molecule has 0 radical (unpaired) electrons. The molecule has 7 nitrogen and oxygen atoms in total. The van der Waals surface area contributed by atoms with Crippen LogP contribution in [0.3, 0.4) is 0 Å². The first-order valence-corrected chi connectivity index (χ1v) is 13.1. The number of amides is 1. The van der Waals surface area contributed by atoms with Gasteiger partial charge in [0.15, 0.2) is 5.13 Å². The number of sulfonamides is 1. The Balaban J connectivity index is 1.24. The predicted molar refractivity (Wildman–Crippen MR) is 127 cm³/mol. The molecule has 1 aliphatic carbocycles. The van der Waals surface area contributed by atoms with E-state index in [-0.39, 0.29) is 16.8 Å². The molecule has 5 rings (SSSR count). The minimum absolute atomic E-state index is 0.0831. The zero-order valence-electron chi connectivity index (χ0n) is 17.6. The molecular formula is C22H23ClN4O3S2. The number of carbonyl (C=O) groups excluding carboxylic acids is 1. The van der Waals surface area contributed by atoms with Crippen molar-refractivity contribution in [2.75, 3.05) is 38.1 Å². The minimum atomic E-state index is -3.51. The van der Waals surface area contributed by atoms with Crippen LogP contribution in [0.15, 0.2) is 47.4 Å². The summed E-state index contributed by atoms with van der Waals surface area (Å²) in [5.41, 5.74) is 1.43. The van der Waals surface area contributed by atoms with Crippen molar-refractivity contribution in [1.29, 1.82) is 0 Å². The molecular weight excluding hydrogens is 468 g/mol. The number of hydrogen-bond donors (Lipinski definition) is 0. The molecule has 1 saturated heterocycles. The van der Waals surface area contributed by atoms with E-state index in [9.17, 15) is 13.2 Å². The van der Waals surface area contributed by atoms with Gasteiger partial charge in [0.25, 0.3) is 5.91 Å². The van der Waals surface area contributed by atoms with Gasteiger partial charge in [0.1, 0.15) is 0 Å². The topological polar surface area (TPSA) is 73.8 Å². The number of benzene rings is 2. The van der Waals surface area contributed by atoms with Gasteiger partial charge < -0.3 is 9.80 Å². The third-order valence-electron chi connectivity index (χ3n) is 6.02. The van der Waals surface area contributed by atoms with Crippen molar-refractivity contribution in [1.82, 2.24) is 14.2 Å². The van der Waals surface area contributed by atoms with Crippen molar-refractivity contribution in [3.8, 4) is 0 Å². The SMILES string of the molecule is CN(C1CC1)S(=O)(=O)c1ccc(C(=O)N2CCN(c3nc4ccc(Cl)cc4s3)CC2)cc1. The van der Waals surface area contributed by atoms with Gasteiger partial charge in [-0.05, 0) is 55.3 Å². The molecule has 2 heterocycles. The van der Waals surface area contributed by atoms with Crippen LogP contribution in [0.4, 0.5) is 5.13 Å². The Kier molecular flexibility index (Phi) is 5.61. The van der Waals surface area contributed by atoms with Crippen LogP contribution in [0.5, 0.6) is 0 Å². The maximum atomic E-state index is 13.0. The molecule has 0 spiro atoms. The summed E-state index contributed by atoms with van der Waals surface area (Å²) in [5, 5.41) is 1.63. The molecule has 1 aromatic heterocycles. The van der Waals surface area contributed by atoms with Crippen LogP contribution >= 0.6 is 22.9 Å². The Morgan fingerprint density at radius 3 is 2.44 bits per heavy atom. The fourth-order valence-corrected chi connectivity index (χ4v) is 6.58. The number of rotatable bonds is 5. The molecule has 0 atom stereocenters. The van der Waals surface area contributed by atoms with Gasteiger partial charge in [-0.2, -0.15) is 4.31 Å². The lowest BCUT2D eigenvalue weighted by Crippen LogP contribution is -2.48. The van der Waals surface area contributed by atoms with Crippen molar-refractivity contribution in [2.24, 2.45) is 0 Å². The molecule has 2 aliphatic rings. The number of piperazine rings is 1. The quantitative estimate of drug-likeness (QED) is 0.545. The van der Waals surface area contributed by atoms with Crippen molar-refractivity contribution in [3.05, 3.63) is 53.1 Å². The van der Waals surface area contributed by atoms with E-state index < -0.39 is 10.0 Å². The number of hydrogen-bond acceptors (Lipinski definition) is 6. The zero-order valence-corrected chi connectivity index (χ0v) is 20.0. The number of fused-ring (bicyclic) bond motifs is 1. The molecule has 3 aromatic rings. The fourth-order valence-electron chi connectivity index (χ4n) is 3.88. The summed E-state index contributed by atoms with van der Waals surface area (Å²) in [6.45, 7) is 2.55. The summed E-state index contributed by atoms with van der Waals surface area (Å²) < 4.78 is 27.8. The second kappa shape index (κ2) is 8.30. The monoisotopic (exact) mass is 490 g/mol. The Morgan fingerprint density at radius 2 is 1.78 bits per heavy atom. The highest BCUT2D eigenvalue weighted by Gasteiger charge is 2.35. The summed E-state index contributed by atoms with van der Waals surface area (Å²) in [6, 6.07) is 12.1. The van der Waals surface area contributed by atoms with Crippen molar-refractivity contribution < 1.29 is 13.2 Å². The number of halogens is 1. The molecule has 0 unspecified atom stereocenters. The maximum Gasteiger partial charge on any atom is 0.253 e. The normalized spacial score (nSPS) is 17.3. The standard InChI is InChI=1S/C22H23ClN4O3S2/c1-25(17-5-6-17)32(29,30)18-7-2-15(3-8-18)21(28)26-10-12-27(13-11-26)22-24-19-9-4-16(23)14-20(19)31-22/h2-4,7-9,14,17H,5-6,10-13H2,1H3. The van der Waals surface area contributed by atoms with E-state index in [0.29, 0.717) is 36.8 Å². The van der Waals surface area contributed by atoms with E-state index in [4.69, 9.17) is 16.6 Å². The highest BCUT2D eigenvalue weighted by atomic mass is 35.5. The van der Waals surface area contributed by atoms with Crippen LogP contribution in [-0.2, 0) is 10.0 Å². The third-order valence-corrected chi connectivity index (χ3v) is 9.25. The van der Waals surface area contributed by atoms with Gasteiger partial charge in [-0.15, -0.1) is 0 Å². The molecule has 1 amide bonds. The van der Waals surface area contributed by atoms with E-state index in [0.717, 1.165) is 28.2 Å². The lowest BCUT2D eigenvalue weighted by molar-refractivity contribution is 0.0746. The van der Waals surface area contributed by atoms with Gasteiger partial charge >= 0.3 is 0 Å². The van der Waals surface area contributed by atoms with Gasteiger partial charge in [0.05, 0.1) is 15.1 Å². The summed E-state index contributed by atoms with van der Waals surface area (Å²) in [5.74, 6) is -0.0831. The maximum absolute atomic E-state index is 13.0. The first-order chi connectivity index (χ1) is 15.3. The Morgan fingerprint density at radius 1 is 1.09 bits per heavy atom. The summed E-state index contributed by atoms with van der Waals surface area (Å²) in [6.07, 6.45) is 1.81. The Bertz CT molecular complexity index is 1260. The Hall–Kier alpha value is -2.20. The van der Waals surface area contributed by atoms with Crippen LogP contribution in [0.1, 0.15) is 23.2 Å². The smallest absolute Gasteiger partial charge is 0.253 e. The lowest BCUT2D eigenvalue weighted by atomic mass is 10.2. The average molecular weight is 491 g/mol. The summed E-state index contributed by atoms with van der Waals surface area (Å²) in [7, 11) is -1.89. The van der Waals surface area contributed by atoms with E-state index in [1.54, 1.807) is 35.4 Å². The molecule has 2 fully saturated rings. The number of nitrogens with zero attached hydrogens (tertiary/aromatic N) is 4. The van der Waals surface area contributed by atoms with Crippen LogP contribution in [-0.4, -0.2) is 67.8 Å². The van der Waals surface area contributed by atoms with Crippen molar-refractivity contribution in [2.45, 2.75) is 23.8 Å². The van der Waals surface area contributed by atoms with Crippen molar-refractivity contribution >= 4 is 54.2 Å². The van der Waals surface area contributed by atoms with Gasteiger partial charge in [0.2, 0.25) is 10.0 Å². The zero-order chi connectivity index (χ0) is 22.5. The van der Waals surface area contributed by atoms with Gasteiger partial charge in [-0.1, -0.05) is 22.9 Å². The third kappa shape index (κ3) is 4.10. The lowest BCUT2D eigenvalue weighted by Gasteiger charge is -2.34. The molecule has 0 N–H and O–H groups in total. The molecule has 10 heteroatoms. The first kappa shape index (κ1) is 21.6. The molecule has 168 valence electrons. The van der Waals surface area contributed by atoms with Crippen LogP contribution < -0.4 is 4.90 Å². The number of carbonyl (C=O) groups is 1. The predicted octanol–water partition coefficient (Wildman–Crippen LogP) is 3.70. The number of aromatic nitrogens is 1. The Labute approximate surface area is 196 Å². The van der Waals surface area contributed by atoms with Crippen LogP contribution in [0, 0.1) is 0 Å². The molecule has 0 bridgehead atoms. The highest BCUT2D eigenvalue weighted by Crippen LogP contribution is 2.32. The second-order valence-corrected chi connectivity index (χ2v) is 11.6. The van der Waals surface area contributed by atoms with E-state index >= 15 is 0 Å². The van der Waals surface area contributed by atoms with E-state index in [2.05, 4.69) is 4.90 Å². The first-order valence-electron chi connectivity index (χ1n) is 10.5. The van der Waals surface area contributed by atoms with Crippen LogP contribution in [0.25, 0.3) is 10.2 Å². The van der Waals surface area contributed by atoms with Crippen molar-refractivity contribution in [3.63, 3.8) is 0 Å². The summed E-state index contributed by atoms with van der Waals surface area (Å²) in [4.78, 5) is 21.9. The molecule has 1 saturated carbocycles. The van der Waals surface area contributed by atoms with Gasteiger partial charge in [-0.25, -0.2) is 13.4 Å². The average Bonchev–Trinajstić information content (AvgIpc) is 3.57. The summed E-state index contributed by atoms with van der Waals surface area (Å²) >= 11 is 7.68. The molecule has 2 aromatic carbocycles.